The Morgan fingerprint density at radius 2 is 1.66 bits per heavy atom. The highest BCUT2D eigenvalue weighted by Crippen LogP contribution is 2.37. The fourth-order valence-electron chi connectivity index (χ4n) is 4.96. The Balaban J connectivity index is 0.00000462. The highest BCUT2D eigenvalue weighted by Gasteiger charge is 2.39. The van der Waals surface area contributed by atoms with E-state index in [-0.39, 0.29) is 31.0 Å². The number of hydrogen-bond acceptors (Lipinski definition) is 3. The molecule has 3 N–H and O–H groups in total. The van der Waals surface area contributed by atoms with Crippen LogP contribution in [0.25, 0.3) is 10.9 Å². The molecule has 1 aliphatic heterocycles. The molecule has 7 nitrogen and oxygen atoms in total. The van der Waals surface area contributed by atoms with Gasteiger partial charge in [-0.15, -0.1) is 12.4 Å². The Morgan fingerprint density at radius 3 is 2.29 bits per heavy atom. The average molecular weight is 606 g/mol. The van der Waals surface area contributed by atoms with Crippen LogP contribution in [-0.2, 0) is 18.8 Å². The van der Waals surface area contributed by atoms with Crippen molar-refractivity contribution in [2.24, 2.45) is 0 Å². The van der Waals surface area contributed by atoms with E-state index >= 15 is 0 Å². The van der Waals surface area contributed by atoms with Crippen molar-refractivity contribution in [1.29, 1.82) is 0 Å². The van der Waals surface area contributed by atoms with Crippen LogP contribution < -0.4 is 10.6 Å². The third-order valence-corrected chi connectivity index (χ3v) is 6.96. The van der Waals surface area contributed by atoms with Crippen molar-refractivity contribution in [2.75, 3.05) is 39.8 Å². The van der Waals surface area contributed by atoms with Gasteiger partial charge in [0.1, 0.15) is 0 Å². The van der Waals surface area contributed by atoms with E-state index in [0.29, 0.717) is 51.2 Å². The molecule has 1 atom stereocenters. The van der Waals surface area contributed by atoms with Crippen LogP contribution >= 0.6 is 12.4 Å². The summed E-state index contributed by atoms with van der Waals surface area (Å²) in [5.74, 6) is -0.887. The summed E-state index contributed by atoms with van der Waals surface area (Å²) in [4.78, 5) is 31.5. The molecule has 3 aromatic rings. The second-order valence-electron chi connectivity index (χ2n) is 9.67. The summed E-state index contributed by atoms with van der Waals surface area (Å²) >= 11 is 0. The van der Waals surface area contributed by atoms with Gasteiger partial charge in [-0.1, -0.05) is 18.2 Å². The number of para-hydroxylation sites is 1. The van der Waals surface area contributed by atoms with Crippen LogP contribution in [0.3, 0.4) is 0 Å². The molecule has 0 unspecified atom stereocenters. The van der Waals surface area contributed by atoms with Crippen molar-refractivity contribution in [3.05, 3.63) is 70.9 Å². The van der Waals surface area contributed by atoms with Gasteiger partial charge in [-0.2, -0.15) is 26.3 Å². The predicted octanol–water partition coefficient (Wildman–Crippen LogP) is 5.32. The lowest BCUT2D eigenvalue weighted by Gasteiger charge is -2.42. The van der Waals surface area contributed by atoms with Gasteiger partial charge in [0.05, 0.1) is 11.1 Å². The number of alkyl halides is 6. The van der Waals surface area contributed by atoms with Crippen LogP contribution in [0.4, 0.5) is 31.1 Å². The quantitative estimate of drug-likeness (QED) is 0.252. The minimum atomic E-state index is -5.05. The van der Waals surface area contributed by atoms with Crippen LogP contribution in [-0.4, -0.2) is 72.5 Å². The Kier molecular flexibility index (Phi) is 10.2. The minimum Gasteiger partial charge on any atom is -0.361 e. The molecule has 1 fully saturated rings. The molecular formula is C27H30ClF6N5O2. The van der Waals surface area contributed by atoms with Crippen LogP contribution in [0.5, 0.6) is 0 Å². The molecule has 1 saturated heterocycles. The molecule has 0 aliphatic carbocycles. The van der Waals surface area contributed by atoms with Gasteiger partial charge in [-0.3, -0.25) is 9.69 Å². The topological polar surface area (TPSA) is 80.5 Å². The highest BCUT2D eigenvalue weighted by atomic mass is 35.5. The molecule has 2 aromatic carbocycles. The number of carbonyl (C=O) groups is 2. The largest absolute Gasteiger partial charge is 0.416 e. The number of aromatic amines is 1. The number of amides is 3. The first-order valence-electron chi connectivity index (χ1n) is 12.7. The molecule has 224 valence electrons. The second-order valence-corrected chi connectivity index (χ2v) is 9.67. The van der Waals surface area contributed by atoms with Gasteiger partial charge in [-0.05, 0) is 49.2 Å². The van der Waals surface area contributed by atoms with Crippen LogP contribution in [0, 0.1) is 0 Å². The molecule has 1 aromatic heterocycles. The van der Waals surface area contributed by atoms with Gasteiger partial charge in [-0.25, -0.2) is 4.79 Å². The number of H-pyrrole nitrogens is 1. The zero-order chi connectivity index (χ0) is 29.1. The number of aromatic nitrogens is 1. The van der Waals surface area contributed by atoms with Gasteiger partial charge in [0, 0.05) is 61.9 Å². The van der Waals surface area contributed by atoms with Gasteiger partial charge in [0.25, 0.3) is 5.91 Å². The average Bonchev–Trinajstić information content (AvgIpc) is 3.32. The second kappa shape index (κ2) is 13.0. The smallest absolute Gasteiger partial charge is 0.361 e. The Hall–Kier alpha value is -3.45. The monoisotopic (exact) mass is 605 g/mol. The Morgan fingerprint density at radius 1 is 1.00 bits per heavy atom. The molecule has 3 amide bonds. The standard InChI is InChI=1S/C27H29F6N5O2.ClH/c1-34-25(40)35-7-4-8-37-9-10-38(21(16-37)13-18-15-36-23-6-3-2-5-22(18)23)24(39)17-11-19(26(28,29)30)14-20(12-17)27(31,32)33;/h2-3,5-6,11-12,14-15,21,36H,4,7-10,13,16H2,1H3,(H2,34,35,40);1H/t21-;/m1./s1. The molecule has 14 heteroatoms. The fourth-order valence-corrected chi connectivity index (χ4v) is 4.96. The Bertz CT molecular complexity index is 1330. The molecule has 4 rings (SSSR count). The summed E-state index contributed by atoms with van der Waals surface area (Å²) in [5, 5.41) is 6.07. The lowest BCUT2D eigenvalue weighted by Crippen LogP contribution is -2.56. The van der Waals surface area contributed by atoms with Crippen LogP contribution in [0.1, 0.15) is 33.5 Å². The maximum Gasteiger partial charge on any atom is 0.416 e. The minimum absolute atomic E-state index is 0. The molecule has 0 saturated carbocycles. The third kappa shape index (κ3) is 7.85. The number of rotatable bonds is 7. The van der Waals surface area contributed by atoms with E-state index in [1.54, 1.807) is 6.20 Å². The number of fused-ring (bicyclic) bond motifs is 1. The number of halogens is 7. The van der Waals surface area contributed by atoms with Gasteiger partial charge in [0.2, 0.25) is 0 Å². The fraction of sp³-hybridized carbons (Fsp3) is 0.407. The zero-order valence-electron chi connectivity index (χ0n) is 22.0. The molecule has 2 heterocycles. The van der Waals surface area contributed by atoms with Gasteiger partial charge < -0.3 is 20.5 Å². The van der Waals surface area contributed by atoms with E-state index in [9.17, 15) is 35.9 Å². The summed E-state index contributed by atoms with van der Waals surface area (Å²) in [6, 6.07) is 7.66. The number of hydrogen-bond donors (Lipinski definition) is 3. The third-order valence-electron chi connectivity index (χ3n) is 6.96. The molecular weight excluding hydrogens is 576 g/mol. The van der Waals surface area contributed by atoms with E-state index in [1.165, 1.54) is 11.9 Å². The molecule has 0 radical (unpaired) electrons. The van der Waals surface area contributed by atoms with Crippen molar-refractivity contribution in [1.82, 2.24) is 25.4 Å². The number of benzene rings is 2. The van der Waals surface area contributed by atoms with Gasteiger partial charge in [0.15, 0.2) is 0 Å². The molecule has 0 spiro atoms. The molecule has 41 heavy (non-hydrogen) atoms. The van der Waals surface area contributed by atoms with Crippen molar-refractivity contribution < 1.29 is 35.9 Å². The number of piperazine rings is 1. The van der Waals surface area contributed by atoms with E-state index in [4.69, 9.17) is 0 Å². The number of urea groups is 1. The van der Waals surface area contributed by atoms with Crippen LogP contribution in [0.2, 0.25) is 0 Å². The number of nitrogens with one attached hydrogen (secondary N) is 3. The van der Waals surface area contributed by atoms with E-state index < -0.39 is 41.0 Å². The first-order chi connectivity index (χ1) is 18.9. The summed E-state index contributed by atoms with van der Waals surface area (Å²) in [5.41, 5.74) is -1.96. The van der Waals surface area contributed by atoms with Crippen molar-refractivity contribution in [3.63, 3.8) is 0 Å². The summed E-state index contributed by atoms with van der Waals surface area (Å²) in [6.45, 7) is 1.85. The lowest BCUT2D eigenvalue weighted by molar-refractivity contribution is -0.143. The number of nitrogens with zero attached hydrogens (tertiary/aromatic N) is 2. The SMILES string of the molecule is CNC(=O)NCCCN1CCN(C(=O)c2cc(C(F)(F)F)cc(C(F)(F)F)c2)[C@H](Cc2c[nH]c3ccccc23)C1.Cl. The van der Waals surface area contributed by atoms with E-state index in [1.807, 2.05) is 24.3 Å². The summed E-state index contributed by atoms with van der Waals surface area (Å²) < 4.78 is 80.7. The first-order valence-corrected chi connectivity index (χ1v) is 12.7. The predicted molar refractivity (Wildman–Crippen MR) is 144 cm³/mol. The maximum atomic E-state index is 13.5. The Labute approximate surface area is 238 Å². The van der Waals surface area contributed by atoms with Crippen molar-refractivity contribution in [2.45, 2.75) is 31.2 Å². The van der Waals surface area contributed by atoms with E-state index in [0.717, 1.165) is 16.5 Å². The first kappa shape index (κ1) is 32.1. The van der Waals surface area contributed by atoms with Crippen molar-refractivity contribution in [3.8, 4) is 0 Å². The maximum absolute atomic E-state index is 13.5. The summed E-state index contributed by atoms with van der Waals surface area (Å²) in [6.07, 6.45) is -7.36. The van der Waals surface area contributed by atoms with E-state index in [2.05, 4.69) is 20.5 Å². The number of carbonyl (C=O) groups excluding carboxylic acids is 2. The lowest BCUT2D eigenvalue weighted by atomic mass is 9.98. The van der Waals surface area contributed by atoms with Crippen molar-refractivity contribution >= 4 is 35.2 Å². The molecule has 1 aliphatic rings. The highest BCUT2D eigenvalue weighted by molar-refractivity contribution is 5.95. The zero-order valence-corrected chi connectivity index (χ0v) is 22.8. The van der Waals surface area contributed by atoms with Gasteiger partial charge >= 0.3 is 18.4 Å². The summed E-state index contributed by atoms with van der Waals surface area (Å²) in [7, 11) is 1.50. The van der Waals surface area contributed by atoms with Crippen LogP contribution in [0.15, 0.2) is 48.7 Å². The normalized spacial score (nSPS) is 16.4. The molecule has 0 bridgehead atoms.